The maximum absolute atomic E-state index is 12.6. The molecule has 3 aliphatic rings. The number of ketones is 1. The van der Waals surface area contributed by atoms with Crippen LogP contribution in [-0.2, 0) is 23.7 Å². The molecule has 4 atom stereocenters. The molecule has 1 aliphatic carbocycles. The summed E-state index contributed by atoms with van der Waals surface area (Å²) in [6.45, 7) is 6.76. The molecule has 3 rings (SSSR count). The largest absolute Gasteiger partial charge is 0.394 e. The SMILES string of the molecule is CC1(C)O[C@@H](CO)[C@@H](C(=O)[C@@]23CC2OC(C)(C)O3)O1. The highest BCUT2D eigenvalue weighted by Crippen LogP contribution is 2.55. The van der Waals surface area contributed by atoms with Gasteiger partial charge in [-0.3, -0.25) is 4.79 Å². The zero-order valence-electron chi connectivity index (χ0n) is 11.6. The van der Waals surface area contributed by atoms with Crippen LogP contribution in [0.2, 0.25) is 0 Å². The number of aliphatic hydroxyl groups is 1. The van der Waals surface area contributed by atoms with E-state index in [1.807, 2.05) is 0 Å². The molecule has 1 saturated carbocycles. The first-order valence-electron chi connectivity index (χ1n) is 6.58. The summed E-state index contributed by atoms with van der Waals surface area (Å²) in [6, 6.07) is 0. The second-order valence-electron chi connectivity index (χ2n) is 6.34. The summed E-state index contributed by atoms with van der Waals surface area (Å²) < 4.78 is 22.5. The molecule has 0 bridgehead atoms. The zero-order valence-corrected chi connectivity index (χ0v) is 11.6. The zero-order chi connectivity index (χ0) is 14.1. The van der Waals surface area contributed by atoms with E-state index in [0.29, 0.717) is 6.42 Å². The summed E-state index contributed by atoms with van der Waals surface area (Å²) in [5, 5.41) is 9.33. The molecule has 1 N–H and O–H groups in total. The summed E-state index contributed by atoms with van der Waals surface area (Å²) in [4.78, 5) is 12.6. The van der Waals surface area contributed by atoms with Gasteiger partial charge in [0.15, 0.2) is 29.1 Å². The van der Waals surface area contributed by atoms with Crippen molar-refractivity contribution in [1.29, 1.82) is 0 Å². The quantitative estimate of drug-likeness (QED) is 0.799. The molecule has 6 heteroatoms. The highest BCUT2D eigenvalue weighted by atomic mass is 16.8. The lowest BCUT2D eigenvalue weighted by Crippen LogP contribution is -2.44. The van der Waals surface area contributed by atoms with Gasteiger partial charge in [0, 0.05) is 6.42 Å². The predicted octanol–water partition coefficient (Wildman–Crippen LogP) is 0.362. The maximum atomic E-state index is 12.6. The van der Waals surface area contributed by atoms with Crippen molar-refractivity contribution >= 4 is 5.78 Å². The predicted molar refractivity (Wildman–Crippen MR) is 63.3 cm³/mol. The van der Waals surface area contributed by atoms with Crippen molar-refractivity contribution in [2.24, 2.45) is 0 Å². The second kappa shape index (κ2) is 3.77. The van der Waals surface area contributed by atoms with E-state index in [9.17, 15) is 9.90 Å². The molecule has 0 radical (unpaired) electrons. The molecule has 2 heterocycles. The van der Waals surface area contributed by atoms with Gasteiger partial charge in [-0.05, 0) is 27.7 Å². The van der Waals surface area contributed by atoms with E-state index in [0.717, 1.165) is 0 Å². The Morgan fingerprint density at radius 2 is 1.84 bits per heavy atom. The Balaban J connectivity index is 1.79. The number of ether oxygens (including phenoxy) is 4. The molecule has 0 aromatic heterocycles. The lowest BCUT2D eigenvalue weighted by atomic mass is 10.0. The molecule has 1 unspecified atom stereocenters. The number of hydrogen-bond donors (Lipinski definition) is 1. The number of fused-ring (bicyclic) bond motifs is 1. The minimum Gasteiger partial charge on any atom is -0.394 e. The molecule has 108 valence electrons. The third-order valence-corrected chi connectivity index (χ3v) is 3.74. The monoisotopic (exact) mass is 272 g/mol. The summed E-state index contributed by atoms with van der Waals surface area (Å²) in [6.07, 6.45) is -1.11. The lowest BCUT2D eigenvalue weighted by molar-refractivity contribution is -0.191. The van der Waals surface area contributed by atoms with E-state index < -0.39 is 29.4 Å². The van der Waals surface area contributed by atoms with E-state index in [4.69, 9.17) is 18.9 Å². The van der Waals surface area contributed by atoms with Gasteiger partial charge in [-0.15, -0.1) is 0 Å². The Morgan fingerprint density at radius 3 is 2.37 bits per heavy atom. The number of hydrogen-bond acceptors (Lipinski definition) is 6. The summed E-state index contributed by atoms with van der Waals surface area (Å²) in [5.74, 6) is -1.81. The van der Waals surface area contributed by atoms with E-state index >= 15 is 0 Å². The van der Waals surface area contributed by atoms with E-state index in [1.165, 1.54) is 0 Å². The highest BCUT2D eigenvalue weighted by molar-refractivity contribution is 5.96. The van der Waals surface area contributed by atoms with E-state index in [-0.39, 0.29) is 18.5 Å². The van der Waals surface area contributed by atoms with Crippen LogP contribution >= 0.6 is 0 Å². The van der Waals surface area contributed by atoms with Crippen molar-refractivity contribution in [3.63, 3.8) is 0 Å². The molecule has 19 heavy (non-hydrogen) atoms. The van der Waals surface area contributed by atoms with Crippen LogP contribution < -0.4 is 0 Å². The summed E-state index contributed by atoms with van der Waals surface area (Å²) in [5.41, 5.74) is -0.911. The lowest BCUT2D eigenvalue weighted by Gasteiger charge is -2.24. The molecule has 2 aliphatic heterocycles. The third-order valence-electron chi connectivity index (χ3n) is 3.74. The molecular weight excluding hydrogens is 252 g/mol. The molecule has 0 aromatic rings. The average molecular weight is 272 g/mol. The molecular formula is C13H20O6. The minimum absolute atomic E-state index is 0.187. The Labute approximate surface area is 112 Å². The minimum atomic E-state index is -0.911. The van der Waals surface area contributed by atoms with Crippen molar-refractivity contribution in [3.8, 4) is 0 Å². The normalized spacial score (nSPS) is 46.1. The van der Waals surface area contributed by atoms with Crippen molar-refractivity contribution in [2.45, 2.75) is 69.6 Å². The Kier molecular flexibility index (Phi) is 2.67. The smallest absolute Gasteiger partial charge is 0.199 e. The fourth-order valence-electron chi connectivity index (χ4n) is 3.01. The van der Waals surface area contributed by atoms with Gasteiger partial charge in [-0.25, -0.2) is 0 Å². The van der Waals surface area contributed by atoms with Crippen molar-refractivity contribution < 1.29 is 28.8 Å². The molecule has 3 fully saturated rings. The fourth-order valence-corrected chi connectivity index (χ4v) is 3.01. The first kappa shape index (κ1) is 13.5. The Morgan fingerprint density at radius 1 is 1.16 bits per heavy atom. The van der Waals surface area contributed by atoms with Gasteiger partial charge in [0.05, 0.1) is 6.61 Å². The average Bonchev–Trinajstić information content (AvgIpc) is 2.72. The van der Waals surface area contributed by atoms with Crippen molar-refractivity contribution in [3.05, 3.63) is 0 Å². The molecule has 0 spiro atoms. The fraction of sp³-hybridized carbons (Fsp3) is 0.923. The summed E-state index contributed by atoms with van der Waals surface area (Å²) in [7, 11) is 0. The van der Waals surface area contributed by atoms with Crippen LogP contribution in [0.4, 0.5) is 0 Å². The van der Waals surface area contributed by atoms with Crippen molar-refractivity contribution in [2.75, 3.05) is 6.61 Å². The van der Waals surface area contributed by atoms with Gasteiger partial charge in [0.1, 0.15) is 12.2 Å². The van der Waals surface area contributed by atoms with Gasteiger partial charge < -0.3 is 24.1 Å². The topological polar surface area (TPSA) is 74.2 Å². The van der Waals surface area contributed by atoms with Crippen LogP contribution in [-0.4, -0.2) is 53.0 Å². The Hall–Kier alpha value is -0.530. The highest BCUT2D eigenvalue weighted by Gasteiger charge is 2.73. The van der Waals surface area contributed by atoms with Gasteiger partial charge in [0.2, 0.25) is 0 Å². The van der Waals surface area contributed by atoms with E-state index in [2.05, 4.69) is 0 Å². The van der Waals surface area contributed by atoms with Crippen LogP contribution in [0.3, 0.4) is 0 Å². The third kappa shape index (κ3) is 2.02. The van der Waals surface area contributed by atoms with E-state index in [1.54, 1.807) is 27.7 Å². The first-order chi connectivity index (χ1) is 8.69. The second-order valence-corrected chi connectivity index (χ2v) is 6.34. The maximum Gasteiger partial charge on any atom is 0.199 e. The molecule has 0 aromatic carbocycles. The Bertz CT molecular complexity index is 417. The first-order valence-corrected chi connectivity index (χ1v) is 6.58. The molecule has 0 amide bonds. The number of Topliss-reactive ketones (excluding diaryl/α,β-unsaturated/α-hetero) is 1. The van der Waals surface area contributed by atoms with Gasteiger partial charge >= 0.3 is 0 Å². The standard InChI is InChI=1S/C13H20O6/c1-11(2)16-7(6-14)9(18-11)10(15)13-5-8(13)17-12(3,4)19-13/h7-9,14H,5-6H2,1-4H3/t7-,8?,9-,13+/m0/s1. The number of carbonyl (C=O) groups excluding carboxylic acids is 1. The van der Waals surface area contributed by atoms with Crippen LogP contribution in [0.15, 0.2) is 0 Å². The summed E-state index contributed by atoms with van der Waals surface area (Å²) >= 11 is 0. The van der Waals surface area contributed by atoms with Gasteiger partial charge in [0.25, 0.3) is 0 Å². The van der Waals surface area contributed by atoms with Crippen molar-refractivity contribution in [1.82, 2.24) is 0 Å². The number of aliphatic hydroxyl groups excluding tert-OH is 1. The number of rotatable bonds is 3. The number of carbonyl (C=O) groups is 1. The molecule has 6 nitrogen and oxygen atoms in total. The van der Waals surface area contributed by atoms with Crippen LogP contribution in [0, 0.1) is 0 Å². The van der Waals surface area contributed by atoms with Crippen LogP contribution in [0.25, 0.3) is 0 Å². The van der Waals surface area contributed by atoms with Gasteiger partial charge in [-0.2, -0.15) is 0 Å². The van der Waals surface area contributed by atoms with Crippen LogP contribution in [0.1, 0.15) is 34.1 Å². The molecule has 2 saturated heterocycles. The van der Waals surface area contributed by atoms with Gasteiger partial charge in [-0.1, -0.05) is 0 Å². The van der Waals surface area contributed by atoms with Crippen LogP contribution in [0.5, 0.6) is 0 Å².